The number of hydrogen-bond acceptors (Lipinski definition) is 0. The number of fused-ring (bicyclic) bond motifs is 2. The molecule has 0 heterocycles. The minimum atomic E-state index is 0.457. The molecule has 21 heavy (non-hydrogen) atoms. The summed E-state index contributed by atoms with van der Waals surface area (Å²) in [7, 11) is 0. The van der Waals surface area contributed by atoms with Gasteiger partial charge in [-0.25, -0.2) is 0 Å². The van der Waals surface area contributed by atoms with Crippen molar-refractivity contribution in [2.75, 3.05) is 0 Å². The highest BCUT2D eigenvalue weighted by Gasteiger charge is 2.31. The van der Waals surface area contributed by atoms with Crippen molar-refractivity contribution in [2.24, 2.45) is 5.92 Å². The van der Waals surface area contributed by atoms with Gasteiger partial charge in [0.25, 0.3) is 0 Å². The zero-order chi connectivity index (χ0) is 14.2. The highest BCUT2D eigenvalue weighted by molar-refractivity contribution is 5.87. The molecule has 0 saturated carbocycles. The lowest BCUT2D eigenvalue weighted by molar-refractivity contribution is 0.691. The lowest BCUT2D eigenvalue weighted by Gasteiger charge is -2.22. The molecule has 0 radical (unpaired) electrons. The number of benzene rings is 2. The maximum Gasteiger partial charge on any atom is 0.0158 e. The van der Waals surface area contributed by atoms with Crippen molar-refractivity contribution in [3.63, 3.8) is 0 Å². The van der Waals surface area contributed by atoms with E-state index in [0.717, 1.165) is 0 Å². The monoisotopic (exact) mass is 270 g/mol. The first kappa shape index (κ1) is 12.4. The predicted molar refractivity (Wildman–Crippen MR) is 90.3 cm³/mol. The zero-order valence-electron chi connectivity index (χ0n) is 12.2. The molecule has 0 amide bonds. The molecule has 0 spiro atoms. The second-order valence-electron chi connectivity index (χ2n) is 5.90. The van der Waals surface area contributed by atoms with Crippen LogP contribution in [0, 0.1) is 5.92 Å². The summed E-state index contributed by atoms with van der Waals surface area (Å²) in [6.45, 7) is 2.26. The van der Waals surface area contributed by atoms with E-state index >= 15 is 0 Å². The van der Waals surface area contributed by atoms with Crippen LogP contribution in [0.15, 0.2) is 90.1 Å². The fourth-order valence-electron chi connectivity index (χ4n) is 3.68. The Morgan fingerprint density at radius 3 is 2.67 bits per heavy atom. The molecule has 2 atom stereocenters. The van der Waals surface area contributed by atoms with E-state index in [1.165, 1.54) is 27.5 Å². The minimum absolute atomic E-state index is 0.457. The largest absolute Gasteiger partial charge is 0.0761 e. The van der Waals surface area contributed by atoms with Gasteiger partial charge in [-0.3, -0.25) is 0 Å². The summed E-state index contributed by atoms with van der Waals surface area (Å²) in [5.41, 5.74) is 4.33. The van der Waals surface area contributed by atoms with E-state index in [1.54, 1.807) is 0 Å². The van der Waals surface area contributed by atoms with Crippen molar-refractivity contribution in [3.8, 4) is 0 Å². The summed E-state index contributed by atoms with van der Waals surface area (Å²) >= 11 is 0. The molecule has 2 aromatic rings. The van der Waals surface area contributed by atoms with Crippen LogP contribution in [-0.4, -0.2) is 0 Å². The summed E-state index contributed by atoms with van der Waals surface area (Å²) in [6, 6.07) is 15.4. The first-order valence-electron chi connectivity index (χ1n) is 7.55. The van der Waals surface area contributed by atoms with Crippen molar-refractivity contribution < 1.29 is 0 Å². The van der Waals surface area contributed by atoms with Crippen LogP contribution in [0.5, 0.6) is 0 Å². The first-order valence-corrected chi connectivity index (χ1v) is 7.55. The molecule has 0 nitrogen and oxygen atoms in total. The molecule has 0 aromatic heterocycles. The normalized spacial score (nSPS) is 23.7. The summed E-state index contributed by atoms with van der Waals surface area (Å²) in [5, 5.41) is 2.71. The standard InChI is InChI=1S/C21H18/c1-15-14-17-9-3-2-4-12-19(17)21(15)20-13-7-10-16-8-5-6-11-18(16)20/h2-14,19,21H,1H3. The third-order valence-electron chi connectivity index (χ3n) is 4.62. The van der Waals surface area contributed by atoms with Crippen LogP contribution >= 0.6 is 0 Å². The topological polar surface area (TPSA) is 0 Å². The third kappa shape index (κ3) is 1.99. The second kappa shape index (κ2) is 4.89. The van der Waals surface area contributed by atoms with Gasteiger partial charge in [0, 0.05) is 11.8 Å². The summed E-state index contributed by atoms with van der Waals surface area (Å²) in [5.74, 6) is 0.921. The van der Waals surface area contributed by atoms with E-state index < -0.39 is 0 Å². The van der Waals surface area contributed by atoms with Gasteiger partial charge in [0.1, 0.15) is 0 Å². The zero-order valence-corrected chi connectivity index (χ0v) is 12.2. The van der Waals surface area contributed by atoms with E-state index in [2.05, 4.69) is 85.8 Å². The first-order chi connectivity index (χ1) is 10.3. The highest BCUT2D eigenvalue weighted by atomic mass is 14.3. The van der Waals surface area contributed by atoms with E-state index in [4.69, 9.17) is 0 Å². The molecule has 0 aliphatic heterocycles. The molecule has 0 saturated heterocycles. The maximum atomic E-state index is 2.36. The second-order valence-corrected chi connectivity index (χ2v) is 5.90. The van der Waals surface area contributed by atoms with Crippen molar-refractivity contribution in [1.82, 2.24) is 0 Å². The van der Waals surface area contributed by atoms with Crippen molar-refractivity contribution in [2.45, 2.75) is 12.8 Å². The lowest BCUT2D eigenvalue weighted by atomic mass is 9.81. The van der Waals surface area contributed by atoms with Gasteiger partial charge < -0.3 is 0 Å². The van der Waals surface area contributed by atoms with Crippen LogP contribution in [0.25, 0.3) is 10.8 Å². The molecule has 0 fully saturated rings. The highest BCUT2D eigenvalue weighted by Crippen LogP contribution is 2.46. The molecule has 2 aliphatic carbocycles. The van der Waals surface area contributed by atoms with Gasteiger partial charge in [-0.1, -0.05) is 84.5 Å². The van der Waals surface area contributed by atoms with Gasteiger partial charge in [-0.05, 0) is 28.8 Å². The van der Waals surface area contributed by atoms with Gasteiger partial charge in [0.2, 0.25) is 0 Å². The average molecular weight is 270 g/mol. The molecule has 0 heteroatoms. The van der Waals surface area contributed by atoms with E-state index in [-0.39, 0.29) is 0 Å². The van der Waals surface area contributed by atoms with Crippen LogP contribution < -0.4 is 0 Å². The number of rotatable bonds is 1. The molecule has 4 rings (SSSR count). The van der Waals surface area contributed by atoms with Gasteiger partial charge in [0.15, 0.2) is 0 Å². The Bertz CT molecular complexity index is 810. The number of allylic oxidation sites excluding steroid dienone is 8. The molecule has 2 aliphatic rings. The lowest BCUT2D eigenvalue weighted by Crippen LogP contribution is -2.08. The molecular formula is C21H18. The van der Waals surface area contributed by atoms with Crippen molar-refractivity contribution in [1.29, 1.82) is 0 Å². The van der Waals surface area contributed by atoms with E-state index in [9.17, 15) is 0 Å². The Balaban J connectivity index is 1.91. The minimum Gasteiger partial charge on any atom is -0.0761 e. The van der Waals surface area contributed by atoms with Gasteiger partial charge in [-0.15, -0.1) is 0 Å². The molecule has 0 N–H and O–H groups in total. The Morgan fingerprint density at radius 2 is 1.71 bits per heavy atom. The van der Waals surface area contributed by atoms with Gasteiger partial charge in [-0.2, -0.15) is 0 Å². The Kier molecular flexibility index (Phi) is 2.89. The Morgan fingerprint density at radius 1 is 0.857 bits per heavy atom. The SMILES string of the molecule is CC1=CC2=CC=CC=CC2C1c1cccc2ccccc12. The van der Waals surface area contributed by atoms with Crippen molar-refractivity contribution in [3.05, 3.63) is 95.6 Å². The smallest absolute Gasteiger partial charge is 0.0158 e. The van der Waals surface area contributed by atoms with Crippen molar-refractivity contribution >= 4 is 10.8 Å². The van der Waals surface area contributed by atoms with Crippen LogP contribution in [0.2, 0.25) is 0 Å². The summed E-state index contributed by atoms with van der Waals surface area (Å²) in [6.07, 6.45) is 13.4. The van der Waals surface area contributed by atoms with Gasteiger partial charge >= 0.3 is 0 Å². The summed E-state index contributed by atoms with van der Waals surface area (Å²) < 4.78 is 0. The van der Waals surface area contributed by atoms with Crippen LogP contribution in [0.3, 0.4) is 0 Å². The average Bonchev–Trinajstić information content (AvgIpc) is 2.68. The molecule has 2 unspecified atom stereocenters. The predicted octanol–water partition coefficient (Wildman–Crippen LogP) is 5.55. The summed E-state index contributed by atoms with van der Waals surface area (Å²) in [4.78, 5) is 0. The van der Waals surface area contributed by atoms with E-state index in [0.29, 0.717) is 11.8 Å². The Hall–Kier alpha value is -2.34. The maximum absolute atomic E-state index is 2.36. The quantitative estimate of drug-likeness (QED) is 0.637. The molecule has 0 bridgehead atoms. The fraction of sp³-hybridized carbons (Fsp3) is 0.143. The Labute approximate surface area is 125 Å². The van der Waals surface area contributed by atoms with Crippen LogP contribution in [-0.2, 0) is 0 Å². The van der Waals surface area contributed by atoms with Crippen LogP contribution in [0.4, 0.5) is 0 Å². The molecule has 2 aromatic carbocycles. The van der Waals surface area contributed by atoms with Crippen LogP contribution in [0.1, 0.15) is 18.4 Å². The van der Waals surface area contributed by atoms with E-state index in [1.807, 2.05) is 0 Å². The van der Waals surface area contributed by atoms with Gasteiger partial charge in [0.05, 0.1) is 0 Å². The number of hydrogen-bond donors (Lipinski definition) is 0. The third-order valence-corrected chi connectivity index (χ3v) is 4.62. The molecule has 102 valence electrons. The fourth-order valence-corrected chi connectivity index (χ4v) is 3.68. The molecular weight excluding hydrogens is 252 g/mol.